The Bertz CT molecular complexity index is 832. The van der Waals surface area contributed by atoms with Crippen LogP contribution in [0.25, 0.3) is 0 Å². The van der Waals surface area contributed by atoms with Gasteiger partial charge >= 0.3 is 0 Å². The summed E-state index contributed by atoms with van der Waals surface area (Å²) in [4.78, 5) is 2.10. The fourth-order valence-electron chi connectivity index (χ4n) is 2.42. The summed E-state index contributed by atoms with van der Waals surface area (Å²) in [7, 11) is -2.38. The first kappa shape index (κ1) is 19.0. The van der Waals surface area contributed by atoms with Gasteiger partial charge in [-0.2, -0.15) is 0 Å². The van der Waals surface area contributed by atoms with Crippen molar-refractivity contribution in [2.24, 2.45) is 0 Å². The Morgan fingerprint density at radius 3 is 2.24 bits per heavy atom. The van der Waals surface area contributed by atoms with Crippen LogP contribution < -0.4 is 14.4 Å². The first-order valence-corrected chi connectivity index (χ1v) is 9.57. The standard InChI is InChI=1S/C17H24N4O3S/c1-6-21(7-2)17-9-8-16(18-19-17)20-25(22,23)15-11-13(4)12(3)10-14(15)24-5/h8-11H,6-7H2,1-5H3,(H,18,20). The van der Waals surface area contributed by atoms with Gasteiger partial charge in [-0.3, -0.25) is 4.72 Å². The zero-order valence-electron chi connectivity index (χ0n) is 15.2. The Morgan fingerprint density at radius 1 is 1.08 bits per heavy atom. The predicted octanol–water partition coefficient (Wildman–Crippen LogP) is 2.75. The minimum absolute atomic E-state index is 0.0766. The molecule has 0 aliphatic carbocycles. The fourth-order valence-corrected chi connectivity index (χ4v) is 3.65. The minimum atomic E-state index is -3.83. The van der Waals surface area contributed by atoms with Crippen molar-refractivity contribution in [1.29, 1.82) is 0 Å². The van der Waals surface area contributed by atoms with Crippen LogP contribution in [0, 0.1) is 13.8 Å². The van der Waals surface area contributed by atoms with Gasteiger partial charge in [0.25, 0.3) is 10.0 Å². The van der Waals surface area contributed by atoms with E-state index in [0.717, 1.165) is 24.2 Å². The van der Waals surface area contributed by atoms with Crippen LogP contribution in [0.3, 0.4) is 0 Å². The van der Waals surface area contributed by atoms with Gasteiger partial charge in [0.05, 0.1) is 7.11 Å². The number of benzene rings is 1. The van der Waals surface area contributed by atoms with Crippen LogP contribution >= 0.6 is 0 Å². The molecule has 0 atom stereocenters. The van der Waals surface area contributed by atoms with E-state index in [1.807, 2.05) is 32.6 Å². The van der Waals surface area contributed by atoms with Crippen molar-refractivity contribution in [3.8, 4) is 5.75 Å². The molecule has 7 nitrogen and oxygen atoms in total. The van der Waals surface area contributed by atoms with Crippen LogP contribution in [-0.2, 0) is 10.0 Å². The van der Waals surface area contributed by atoms with E-state index in [-0.39, 0.29) is 10.7 Å². The van der Waals surface area contributed by atoms with Gasteiger partial charge in [0, 0.05) is 13.1 Å². The molecule has 0 aliphatic heterocycles. The van der Waals surface area contributed by atoms with Gasteiger partial charge in [0.1, 0.15) is 10.6 Å². The number of aromatic nitrogens is 2. The number of hydrogen-bond acceptors (Lipinski definition) is 6. The lowest BCUT2D eigenvalue weighted by atomic mass is 10.1. The number of sulfonamides is 1. The van der Waals surface area contributed by atoms with Crippen LogP contribution in [0.1, 0.15) is 25.0 Å². The van der Waals surface area contributed by atoms with Gasteiger partial charge in [0.2, 0.25) is 0 Å². The maximum absolute atomic E-state index is 12.7. The maximum Gasteiger partial charge on any atom is 0.266 e. The average Bonchev–Trinajstić information content (AvgIpc) is 2.59. The van der Waals surface area contributed by atoms with E-state index < -0.39 is 10.0 Å². The fraction of sp³-hybridized carbons (Fsp3) is 0.412. The second-order valence-corrected chi connectivity index (χ2v) is 7.29. The molecule has 2 aromatic rings. The molecule has 8 heteroatoms. The van der Waals surface area contributed by atoms with Gasteiger partial charge in [-0.25, -0.2) is 8.42 Å². The number of ether oxygens (including phenoxy) is 1. The van der Waals surface area contributed by atoms with E-state index in [1.54, 1.807) is 24.3 Å². The largest absolute Gasteiger partial charge is 0.495 e. The third kappa shape index (κ3) is 4.19. The number of methoxy groups -OCH3 is 1. The summed E-state index contributed by atoms with van der Waals surface area (Å²) < 4.78 is 33.1. The predicted molar refractivity (Wildman–Crippen MR) is 98.9 cm³/mol. The van der Waals surface area contributed by atoms with Crippen LogP contribution in [0.5, 0.6) is 5.75 Å². The van der Waals surface area contributed by atoms with E-state index in [1.165, 1.54) is 7.11 Å². The Kier molecular flexibility index (Phi) is 5.84. The lowest BCUT2D eigenvalue weighted by Crippen LogP contribution is -2.23. The Hall–Kier alpha value is -2.35. The molecule has 136 valence electrons. The first-order chi connectivity index (χ1) is 11.8. The SMILES string of the molecule is CCN(CC)c1ccc(NS(=O)(=O)c2cc(C)c(C)cc2OC)nn1. The minimum Gasteiger partial charge on any atom is -0.495 e. The van der Waals surface area contributed by atoms with Crippen molar-refractivity contribution in [2.45, 2.75) is 32.6 Å². The summed E-state index contributed by atoms with van der Waals surface area (Å²) >= 11 is 0. The zero-order valence-corrected chi connectivity index (χ0v) is 16.0. The molecule has 0 saturated carbocycles. The number of hydrogen-bond donors (Lipinski definition) is 1. The Balaban J connectivity index is 2.32. The van der Waals surface area contributed by atoms with Crippen LogP contribution in [-0.4, -0.2) is 38.8 Å². The molecule has 0 aliphatic rings. The van der Waals surface area contributed by atoms with Crippen molar-refractivity contribution in [3.05, 3.63) is 35.4 Å². The number of nitrogens with zero attached hydrogens (tertiary/aromatic N) is 3. The normalized spacial score (nSPS) is 11.2. The van der Waals surface area contributed by atoms with Gasteiger partial charge in [-0.15, -0.1) is 10.2 Å². The molecular weight excluding hydrogens is 340 g/mol. The third-order valence-corrected chi connectivity index (χ3v) is 5.42. The van der Waals surface area contributed by atoms with Crippen LogP contribution in [0.4, 0.5) is 11.6 Å². The van der Waals surface area contributed by atoms with E-state index in [9.17, 15) is 8.42 Å². The topological polar surface area (TPSA) is 84.4 Å². The molecule has 0 saturated heterocycles. The highest BCUT2D eigenvalue weighted by atomic mass is 32.2. The van der Waals surface area contributed by atoms with Crippen molar-refractivity contribution in [2.75, 3.05) is 29.8 Å². The monoisotopic (exact) mass is 364 g/mol. The van der Waals surface area contributed by atoms with Crippen molar-refractivity contribution in [3.63, 3.8) is 0 Å². The molecule has 25 heavy (non-hydrogen) atoms. The average molecular weight is 364 g/mol. The molecule has 2 rings (SSSR count). The molecule has 0 amide bonds. The maximum atomic E-state index is 12.7. The number of nitrogens with one attached hydrogen (secondary N) is 1. The van der Waals surface area contributed by atoms with Crippen LogP contribution in [0.15, 0.2) is 29.2 Å². The molecule has 1 heterocycles. The highest BCUT2D eigenvalue weighted by Crippen LogP contribution is 2.28. The first-order valence-electron chi connectivity index (χ1n) is 8.09. The highest BCUT2D eigenvalue weighted by Gasteiger charge is 2.21. The molecule has 0 radical (unpaired) electrons. The summed E-state index contributed by atoms with van der Waals surface area (Å²) in [6, 6.07) is 6.65. The Morgan fingerprint density at radius 2 is 1.72 bits per heavy atom. The quantitative estimate of drug-likeness (QED) is 0.813. The summed E-state index contributed by atoms with van der Waals surface area (Å²) in [5, 5.41) is 8.07. The Labute approximate surface area is 149 Å². The van der Waals surface area contributed by atoms with E-state index in [2.05, 4.69) is 14.9 Å². The third-order valence-electron chi connectivity index (χ3n) is 4.05. The van der Waals surface area contributed by atoms with Gasteiger partial charge in [-0.05, 0) is 63.1 Å². The van der Waals surface area contributed by atoms with Crippen molar-refractivity contribution < 1.29 is 13.2 Å². The summed E-state index contributed by atoms with van der Waals surface area (Å²) in [6.07, 6.45) is 0. The van der Waals surface area contributed by atoms with Crippen molar-refractivity contribution in [1.82, 2.24) is 10.2 Å². The lowest BCUT2D eigenvalue weighted by molar-refractivity contribution is 0.402. The molecule has 0 unspecified atom stereocenters. The molecule has 1 aromatic carbocycles. The summed E-state index contributed by atoms with van der Waals surface area (Å²) in [5.74, 6) is 1.16. The summed E-state index contributed by atoms with van der Waals surface area (Å²) in [5.41, 5.74) is 1.82. The molecule has 0 bridgehead atoms. The van der Waals surface area contributed by atoms with Gasteiger partial charge in [-0.1, -0.05) is 0 Å². The van der Waals surface area contributed by atoms with E-state index >= 15 is 0 Å². The van der Waals surface area contributed by atoms with Crippen LogP contribution in [0.2, 0.25) is 0 Å². The number of aryl methyl sites for hydroxylation is 2. The smallest absolute Gasteiger partial charge is 0.266 e. The van der Waals surface area contributed by atoms with E-state index in [0.29, 0.717) is 11.6 Å². The molecule has 0 fully saturated rings. The number of anilines is 2. The molecule has 1 N–H and O–H groups in total. The lowest BCUT2D eigenvalue weighted by Gasteiger charge is -2.19. The molecule has 0 spiro atoms. The summed E-state index contributed by atoms with van der Waals surface area (Å²) in [6.45, 7) is 9.40. The molecule has 1 aromatic heterocycles. The highest BCUT2D eigenvalue weighted by molar-refractivity contribution is 7.92. The second kappa shape index (κ2) is 7.69. The van der Waals surface area contributed by atoms with Crippen molar-refractivity contribution >= 4 is 21.7 Å². The number of rotatable bonds is 7. The molecular formula is C17H24N4O3S. The van der Waals surface area contributed by atoms with Gasteiger partial charge < -0.3 is 9.64 Å². The second-order valence-electron chi connectivity index (χ2n) is 5.64. The van der Waals surface area contributed by atoms with Gasteiger partial charge in [0.15, 0.2) is 11.6 Å². The zero-order chi connectivity index (χ0) is 18.6. The van der Waals surface area contributed by atoms with E-state index in [4.69, 9.17) is 4.74 Å².